The Kier molecular flexibility index (Phi) is 4.21. The zero-order valence-corrected chi connectivity index (χ0v) is 15.2. The molecule has 27 heavy (non-hydrogen) atoms. The van der Waals surface area contributed by atoms with Crippen molar-refractivity contribution in [2.75, 3.05) is 0 Å². The molecular weight excluding hydrogens is 334 g/mol. The van der Waals surface area contributed by atoms with E-state index in [9.17, 15) is 9.59 Å². The molecule has 0 atom stereocenters. The lowest BCUT2D eigenvalue weighted by Gasteiger charge is -2.07. The number of para-hydroxylation sites is 1. The van der Waals surface area contributed by atoms with Crippen molar-refractivity contribution in [1.29, 1.82) is 0 Å². The molecule has 0 saturated heterocycles. The summed E-state index contributed by atoms with van der Waals surface area (Å²) in [5.41, 5.74) is 6.60. The van der Waals surface area contributed by atoms with Crippen LogP contribution in [-0.4, -0.2) is 16.6 Å². The van der Waals surface area contributed by atoms with Crippen molar-refractivity contribution < 1.29 is 9.59 Å². The minimum atomic E-state index is 0.0539. The summed E-state index contributed by atoms with van der Waals surface area (Å²) in [5, 5.41) is 1.12. The van der Waals surface area contributed by atoms with E-state index in [0.717, 1.165) is 33.3 Å². The van der Waals surface area contributed by atoms with Gasteiger partial charge >= 0.3 is 0 Å². The quantitative estimate of drug-likeness (QED) is 0.464. The van der Waals surface area contributed by atoms with Crippen LogP contribution in [0.2, 0.25) is 0 Å². The number of hydrogen-bond acceptors (Lipinski definition) is 2. The minimum Gasteiger partial charge on any atom is -0.354 e. The fourth-order valence-corrected chi connectivity index (χ4v) is 3.40. The Morgan fingerprint density at radius 2 is 1.19 bits per heavy atom. The van der Waals surface area contributed by atoms with E-state index < -0.39 is 0 Å². The fraction of sp³-hybridized carbons (Fsp3) is 0.0833. The van der Waals surface area contributed by atoms with E-state index in [-0.39, 0.29) is 11.6 Å². The second-order valence-corrected chi connectivity index (χ2v) is 6.69. The van der Waals surface area contributed by atoms with E-state index in [1.807, 2.05) is 60.7 Å². The molecule has 0 radical (unpaired) electrons. The van der Waals surface area contributed by atoms with Crippen molar-refractivity contribution >= 4 is 22.5 Å². The van der Waals surface area contributed by atoms with Crippen LogP contribution in [0.25, 0.3) is 33.3 Å². The Morgan fingerprint density at radius 3 is 1.74 bits per heavy atom. The highest BCUT2D eigenvalue weighted by Crippen LogP contribution is 2.38. The van der Waals surface area contributed by atoms with Crippen LogP contribution in [0.4, 0.5) is 0 Å². The molecule has 0 saturated carbocycles. The first-order chi connectivity index (χ1) is 13.0. The second kappa shape index (κ2) is 6.69. The van der Waals surface area contributed by atoms with E-state index in [0.29, 0.717) is 11.1 Å². The van der Waals surface area contributed by atoms with Crippen LogP contribution in [0.5, 0.6) is 0 Å². The van der Waals surface area contributed by atoms with Crippen LogP contribution in [0.3, 0.4) is 0 Å². The summed E-state index contributed by atoms with van der Waals surface area (Å²) in [5.74, 6) is 0.110. The SMILES string of the molecule is CC(=O)c1ccc(-c2[nH]c3ccccc3c2-c2ccc(C(C)=O)cc2)cc1. The number of fused-ring (bicyclic) bond motifs is 1. The molecular formula is C24H19NO2. The number of nitrogens with one attached hydrogen (secondary N) is 1. The predicted octanol–water partition coefficient (Wildman–Crippen LogP) is 5.91. The van der Waals surface area contributed by atoms with E-state index >= 15 is 0 Å². The molecule has 3 heteroatoms. The minimum absolute atomic E-state index is 0.0539. The fourth-order valence-electron chi connectivity index (χ4n) is 3.40. The van der Waals surface area contributed by atoms with Gasteiger partial charge in [0.25, 0.3) is 0 Å². The lowest BCUT2D eigenvalue weighted by molar-refractivity contribution is 0.100. The first-order valence-electron chi connectivity index (χ1n) is 8.88. The third kappa shape index (κ3) is 3.08. The maximum Gasteiger partial charge on any atom is 0.159 e. The molecule has 0 amide bonds. The third-order valence-corrected chi connectivity index (χ3v) is 4.87. The van der Waals surface area contributed by atoms with Crippen molar-refractivity contribution in [3.05, 3.63) is 83.9 Å². The van der Waals surface area contributed by atoms with E-state index in [2.05, 4.69) is 17.1 Å². The summed E-state index contributed by atoms with van der Waals surface area (Å²) in [6, 6.07) is 23.5. The number of carbonyl (C=O) groups is 2. The molecule has 1 heterocycles. The van der Waals surface area contributed by atoms with Gasteiger partial charge in [-0.3, -0.25) is 9.59 Å². The molecule has 3 aromatic carbocycles. The normalized spacial score (nSPS) is 10.9. The van der Waals surface area contributed by atoms with E-state index in [4.69, 9.17) is 0 Å². The van der Waals surface area contributed by atoms with Gasteiger partial charge in [0.2, 0.25) is 0 Å². The topological polar surface area (TPSA) is 49.9 Å². The molecule has 0 aliphatic heterocycles. The zero-order valence-electron chi connectivity index (χ0n) is 15.2. The van der Waals surface area contributed by atoms with Crippen LogP contribution >= 0.6 is 0 Å². The highest BCUT2D eigenvalue weighted by molar-refractivity contribution is 6.04. The summed E-state index contributed by atoms with van der Waals surface area (Å²) in [6.07, 6.45) is 0. The Hall–Kier alpha value is -3.46. The molecule has 0 aliphatic carbocycles. The van der Waals surface area contributed by atoms with Gasteiger partial charge in [-0.25, -0.2) is 0 Å². The number of hydrogen-bond donors (Lipinski definition) is 1. The number of Topliss-reactive ketones (excluding diaryl/α,β-unsaturated/α-hetero) is 2. The molecule has 3 nitrogen and oxygen atoms in total. The number of carbonyl (C=O) groups excluding carboxylic acids is 2. The van der Waals surface area contributed by atoms with E-state index in [1.165, 1.54) is 0 Å². The number of ketones is 2. The number of aromatic nitrogens is 1. The Morgan fingerprint density at radius 1 is 0.667 bits per heavy atom. The third-order valence-electron chi connectivity index (χ3n) is 4.87. The van der Waals surface area contributed by atoms with Crippen LogP contribution in [0, 0.1) is 0 Å². The van der Waals surface area contributed by atoms with Crippen molar-refractivity contribution in [1.82, 2.24) is 4.98 Å². The Bertz CT molecular complexity index is 1150. The van der Waals surface area contributed by atoms with Crippen molar-refractivity contribution in [2.24, 2.45) is 0 Å². The lowest BCUT2D eigenvalue weighted by atomic mass is 9.96. The Labute approximate surface area is 157 Å². The number of benzene rings is 3. The molecule has 132 valence electrons. The summed E-state index contributed by atoms with van der Waals surface area (Å²) < 4.78 is 0. The van der Waals surface area contributed by atoms with Crippen LogP contribution in [0.15, 0.2) is 72.8 Å². The van der Waals surface area contributed by atoms with Gasteiger partial charge < -0.3 is 4.98 Å². The molecule has 0 unspecified atom stereocenters. The maximum atomic E-state index is 11.6. The molecule has 4 rings (SSSR count). The van der Waals surface area contributed by atoms with Gasteiger partial charge in [-0.15, -0.1) is 0 Å². The molecule has 0 aliphatic rings. The van der Waals surface area contributed by atoms with Gasteiger partial charge in [0.1, 0.15) is 0 Å². The largest absolute Gasteiger partial charge is 0.354 e. The molecule has 1 N–H and O–H groups in total. The Balaban J connectivity index is 1.91. The van der Waals surface area contributed by atoms with Crippen molar-refractivity contribution in [3.8, 4) is 22.4 Å². The van der Waals surface area contributed by atoms with Gasteiger partial charge in [-0.05, 0) is 31.0 Å². The average Bonchev–Trinajstić information content (AvgIpc) is 3.07. The zero-order chi connectivity index (χ0) is 19.0. The van der Waals surface area contributed by atoms with Crippen LogP contribution in [-0.2, 0) is 0 Å². The standard InChI is InChI=1S/C24H19NO2/c1-15(26)17-7-11-19(12-8-17)23-21-5-3-4-6-22(21)25-24(23)20-13-9-18(10-14-20)16(2)27/h3-14,25H,1-2H3. The number of rotatable bonds is 4. The van der Waals surface area contributed by atoms with Gasteiger partial charge in [0, 0.05) is 27.6 Å². The average molecular weight is 353 g/mol. The van der Waals surface area contributed by atoms with Gasteiger partial charge in [-0.2, -0.15) is 0 Å². The molecule has 0 spiro atoms. The summed E-state index contributed by atoms with van der Waals surface area (Å²) in [7, 11) is 0. The number of aromatic amines is 1. The van der Waals surface area contributed by atoms with Crippen LogP contribution < -0.4 is 0 Å². The summed E-state index contributed by atoms with van der Waals surface area (Å²) in [6.45, 7) is 3.14. The highest BCUT2D eigenvalue weighted by atomic mass is 16.1. The molecule has 4 aromatic rings. The first kappa shape index (κ1) is 17.0. The van der Waals surface area contributed by atoms with Gasteiger partial charge in [0.05, 0.1) is 5.69 Å². The van der Waals surface area contributed by atoms with Crippen LogP contribution in [0.1, 0.15) is 34.6 Å². The van der Waals surface area contributed by atoms with Gasteiger partial charge in [-0.1, -0.05) is 66.7 Å². The smallest absolute Gasteiger partial charge is 0.159 e. The molecule has 1 aromatic heterocycles. The highest BCUT2D eigenvalue weighted by Gasteiger charge is 2.15. The maximum absolute atomic E-state index is 11.6. The second-order valence-electron chi connectivity index (χ2n) is 6.69. The monoisotopic (exact) mass is 353 g/mol. The molecule has 0 bridgehead atoms. The van der Waals surface area contributed by atoms with Crippen molar-refractivity contribution in [3.63, 3.8) is 0 Å². The van der Waals surface area contributed by atoms with Crippen molar-refractivity contribution in [2.45, 2.75) is 13.8 Å². The summed E-state index contributed by atoms with van der Waals surface area (Å²) in [4.78, 5) is 26.7. The first-order valence-corrected chi connectivity index (χ1v) is 8.88. The lowest BCUT2D eigenvalue weighted by Crippen LogP contribution is -1.92. The predicted molar refractivity (Wildman–Crippen MR) is 109 cm³/mol. The molecule has 0 fully saturated rings. The summed E-state index contributed by atoms with van der Waals surface area (Å²) >= 11 is 0. The number of H-pyrrole nitrogens is 1. The van der Waals surface area contributed by atoms with E-state index in [1.54, 1.807) is 13.8 Å². The van der Waals surface area contributed by atoms with Gasteiger partial charge in [0.15, 0.2) is 11.6 Å².